The van der Waals surface area contributed by atoms with Crippen LogP contribution in [0, 0.1) is 30.2 Å². The van der Waals surface area contributed by atoms with Crippen LogP contribution in [0.3, 0.4) is 0 Å². The molecule has 4 heterocycles. The number of aryl methyl sites for hydroxylation is 2. The van der Waals surface area contributed by atoms with Gasteiger partial charge in [-0.1, -0.05) is 25.1 Å². The molecular weight excluding hydrogens is 845 g/mol. The number of alkyl halides is 3. The van der Waals surface area contributed by atoms with Crippen molar-refractivity contribution < 1.29 is 69.1 Å². The predicted molar refractivity (Wildman–Crippen MR) is 203 cm³/mol. The van der Waals surface area contributed by atoms with E-state index in [4.69, 9.17) is 0 Å². The fourth-order valence-electron chi connectivity index (χ4n) is 8.88. The Hall–Kier alpha value is -8.09. The molecule has 12 nitrogen and oxygen atoms in total. The highest BCUT2D eigenvalue weighted by Gasteiger charge is 2.50. The highest BCUT2D eigenvalue weighted by Crippen LogP contribution is 2.46. The summed E-state index contributed by atoms with van der Waals surface area (Å²) in [6.07, 6.45) is -5.45. The van der Waals surface area contributed by atoms with E-state index >= 15 is 8.78 Å². The van der Waals surface area contributed by atoms with Crippen LogP contribution < -0.4 is 9.80 Å². The third-order valence-electron chi connectivity index (χ3n) is 11.6. The minimum Gasteiger partial charge on any atom is -0.268 e. The number of nitrogens with zero attached hydrogens (tertiary/aromatic N) is 4. The molecule has 0 atom stereocenters. The molecule has 0 spiro atoms. The first-order chi connectivity index (χ1) is 29.8. The Morgan fingerprint density at radius 1 is 0.429 bits per heavy atom. The zero-order valence-electron chi connectivity index (χ0n) is 31.8. The zero-order chi connectivity index (χ0) is 45.0. The summed E-state index contributed by atoms with van der Waals surface area (Å²) in [5, 5.41) is -0.519. The Kier molecular flexibility index (Phi) is 7.89. The zero-order valence-corrected chi connectivity index (χ0v) is 31.8. The van der Waals surface area contributed by atoms with Crippen LogP contribution in [0.25, 0.3) is 21.5 Å². The molecule has 6 aromatic carbocycles. The standard InChI is InChI=1S/C44H19F7N4O8/c1-3-16-6-4-5-15(2)34(16)52-36(56)17-7-11-21-27-22(12-8-18(25(17)27)37(52)57)41(61)54(40(21)60)55-42(62)23-13-9-19-26-20(10-14-24(28(23)26)43(55)63)39(59)53(38(19)58)35-32(47)30(45)29(44(49,50)51)31(46)33(35)48/h4-14H,3H2,1-2H3. The average molecular weight is 865 g/mol. The molecule has 0 bridgehead atoms. The molecule has 8 amide bonds. The largest absolute Gasteiger partial charge is 0.422 e. The lowest BCUT2D eigenvalue weighted by Gasteiger charge is -2.38. The van der Waals surface area contributed by atoms with Crippen molar-refractivity contribution >= 4 is 80.2 Å². The molecule has 63 heavy (non-hydrogen) atoms. The molecule has 10 rings (SSSR count). The maximum absolute atomic E-state index is 15.2. The van der Waals surface area contributed by atoms with Crippen molar-refractivity contribution in [1.82, 2.24) is 10.0 Å². The maximum atomic E-state index is 15.2. The van der Waals surface area contributed by atoms with Crippen molar-refractivity contribution in [2.75, 3.05) is 9.80 Å². The number of hydrazine groups is 1. The lowest BCUT2D eigenvalue weighted by molar-refractivity contribution is -0.143. The fourth-order valence-corrected chi connectivity index (χ4v) is 8.88. The van der Waals surface area contributed by atoms with Gasteiger partial charge >= 0.3 is 6.18 Å². The highest BCUT2D eigenvalue weighted by molar-refractivity contribution is 6.42. The highest BCUT2D eigenvalue weighted by atomic mass is 19.4. The molecule has 0 N–H and O–H groups in total. The Bertz CT molecular complexity index is 3190. The number of imide groups is 4. The Morgan fingerprint density at radius 2 is 0.730 bits per heavy atom. The maximum Gasteiger partial charge on any atom is 0.422 e. The van der Waals surface area contributed by atoms with E-state index in [0.29, 0.717) is 23.2 Å². The van der Waals surface area contributed by atoms with Crippen LogP contribution in [0.15, 0.2) is 66.7 Å². The molecule has 0 fully saturated rings. The van der Waals surface area contributed by atoms with Gasteiger partial charge in [0.25, 0.3) is 47.3 Å². The number of carbonyl (C=O) groups is 8. The lowest BCUT2D eigenvalue weighted by Crippen LogP contribution is -2.58. The topological polar surface area (TPSA) is 150 Å². The smallest absolute Gasteiger partial charge is 0.268 e. The molecular formula is C44H19F7N4O8. The van der Waals surface area contributed by atoms with E-state index in [9.17, 15) is 60.3 Å². The quantitative estimate of drug-likeness (QED) is 0.0989. The molecule has 0 radical (unpaired) electrons. The van der Waals surface area contributed by atoms with Gasteiger partial charge in [-0.3, -0.25) is 38.4 Å². The summed E-state index contributed by atoms with van der Waals surface area (Å²) in [6.45, 7) is 3.59. The van der Waals surface area contributed by atoms with Crippen LogP contribution in [-0.2, 0) is 12.6 Å². The third kappa shape index (κ3) is 4.80. The van der Waals surface area contributed by atoms with Crippen LogP contribution in [0.1, 0.15) is 106 Å². The van der Waals surface area contributed by atoms with Crippen molar-refractivity contribution in [3.63, 3.8) is 0 Å². The number of para-hydroxylation sites is 1. The monoisotopic (exact) mass is 864 g/mol. The number of hydrogen-bond acceptors (Lipinski definition) is 8. The number of rotatable bonds is 4. The first-order valence-electron chi connectivity index (χ1n) is 18.6. The second-order valence-electron chi connectivity index (χ2n) is 14.8. The number of hydrogen-bond donors (Lipinski definition) is 0. The van der Waals surface area contributed by atoms with E-state index in [0.717, 1.165) is 29.2 Å². The summed E-state index contributed by atoms with van der Waals surface area (Å²) >= 11 is 0. The Morgan fingerprint density at radius 3 is 1.03 bits per heavy atom. The molecule has 4 aliphatic heterocycles. The lowest BCUT2D eigenvalue weighted by atomic mass is 9.85. The average Bonchev–Trinajstić information content (AvgIpc) is 3.24. The van der Waals surface area contributed by atoms with E-state index < -0.39 is 126 Å². The molecule has 0 saturated carbocycles. The van der Waals surface area contributed by atoms with Crippen LogP contribution in [0.2, 0.25) is 0 Å². The second-order valence-corrected chi connectivity index (χ2v) is 14.8. The summed E-state index contributed by atoms with van der Waals surface area (Å²) in [5.41, 5.74) is -6.22. The van der Waals surface area contributed by atoms with Crippen molar-refractivity contribution in [3.8, 4) is 0 Å². The number of anilines is 2. The van der Waals surface area contributed by atoms with Crippen molar-refractivity contribution in [1.29, 1.82) is 0 Å². The molecule has 6 aromatic rings. The van der Waals surface area contributed by atoms with Gasteiger partial charge in [-0.25, -0.2) is 27.4 Å². The predicted octanol–water partition coefficient (Wildman–Crippen LogP) is 7.85. The number of amides is 8. The molecule has 0 unspecified atom stereocenters. The van der Waals surface area contributed by atoms with Gasteiger partial charge < -0.3 is 0 Å². The molecule has 0 aliphatic carbocycles. The minimum absolute atomic E-state index is 0.00456. The third-order valence-corrected chi connectivity index (χ3v) is 11.6. The van der Waals surface area contributed by atoms with Gasteiger partial charge in [-0.2, -0.15) is 23.2 Å². The summed E-state index contributed by atoms with van der Waals surface area (Å²) in [7, 11) is 0. The van der Waals surface area contributed by atoms with Crippen LogP contribution in [0.4, 0.5) is 42.1 Å². The van der Waals surface area contributed by atoms with E-state index in [1.807, 2.05) is 6.92 Å². The van der Waals surface area contributed by atoms with Crippen molar-refractivity contribution in [2.45, 2.75) is 26.4 Å². The van der Waals surface area contributed by atoms with Crippen LogP contribution in [0.5, 0.6) is 0 Å². The summed E-state index contributed by atoms with van der Waals surface area (Å²) < 4.78 is 99.6. The van der Waals surface area contributed by atoms with Gasteiger partial charge in [0.2, 0.25) is 0 Å². The Balaban J connectivity index is 1.05. The van der Waals surface area contributed by atoms with E-state index in [2.05, 4.69) is 0 Å². The number of halogens is 7. The van der Waals surface area contributed by atoms with Gasteiger partial charge in [0.05, 0.1) is 27.9 Å². The van der Waals surface area contributed by atoms with Crippen LogP contribution >= 0.6 is 0 Å². The molecule has 0 saturated heterocycles. The van der Waals surface area contributed by atoms with Gasteiger partial charge in [0.1, 0.15) is 11.3 Å². The molecule has 312 valence electrons. The molecule has 0 aromatic heterocycles. The summed E-state index contributed by atoms with van der Waals surface area (Å²) in [4.78, 5) is 114. The van der Waals surface area contributed by atoms with E-state index in [-0.39, 0.29) is 43.0 Å². The Labute approximate surface area is 346 Å². The summed E-state index contributed by atoms with van der Waals surface area (Å²) in [6, 6.07) is 13.7. The van der Waals surface area contributed by atoms with Crippen molar-refractivity contribution in [3.05, 3.63) is 151 Å². The minimum atomic E-state index is -5.93. The van der Waals surface area contributed by atoms with Gasteiger partial charge in [0, 0.05) is 43.8 Å². The number of benzene rings is 6. The first-order valence-corrected chi connectivity index (χ1v) is 18.6. The summed E-state index contributed by atoms with van der Waals surface area (Å²) in [5.74, 6) is -21.3. The first kappa shape index (κ1) is 39.1. The normalized spacial score (nSPS) is 15.9. The van der Waals surface area contributed by atoms with Gasteiger partial charge in [-0.05, 0) is 73.0 Å². The van der Waals surface area contributed by atoms with E-state index in [1.54, 1.807) is 25.1 Å². The van der Waals surface area contributed by atoms with Crippen molar-refractivity contribution in [2.24, 2.45) is 0 Å². The van der Waals surface area contributed by atoms with Gasteiger partial charge in [0.15, 0.2) is 23.3 Å². The fraction of sp³-hybridized carbons (Fsp3) is 0.0909. The SMILES string of the molecule is CCc1cccc(C)c1N1C(=O)c2ccc3c4c(ccc(c24)C1=O)C(=O)N(N1C(=O)c2ccc4c5c(ccc(c25)C1=O)C(=O)N(c1c(F)c(F)c(C(F)(F)F)c(F)c1F)C4=O)C3=O. The van der Waals surface area contributed by atoms with E-state index in [1.165, 1.54) is 24.3 Å². The molecule has 19 heteroatoms. The van der Waals surface area contributed by atoms with Crippen LogP contribution in [-0.4, -0.2) is 57.3 Å². The molecule has 4 aliphatic rings. The second kappa shape index (κ2) is 12.7. The van der Waals surface area contributed by atoms with Gasteiger partial charge in [-0.15, -0.1) is 0 Å². The number of carbonyl (C=O) groups excluding carboxylic acids is 8.